The highest BCUT2D eigenvalue weighted by Gasteiger charge is 2.19. The molecule has 0 spiro atoms. The molecular formula is C12H20N4O. The third-order valence-electron chi connectivity index (χ3n) is 3.27. The number of nitrogens with zero attached hydrogens (tertiary/aromatic N) is 3. The molecule has 0 atom stereocenters. The molecule has 94 valence electrons. The van der Waals surface area contributed by atoms with Crippen LogP contribution in [0.3, 0.4) is 0 Å². The minimum atomic E-state index is 0.0424. The zero-order valence-corrected chi connectivity index (χ0v) is 10.5. The number of likely N-dealkylation sites (tertiary alicyclic amines) is 1. The van der Waals surface area contributed by atoms with Crippen molar-refractivity contribution in [1.29, 1.82) is 0 Å². The van der Waals surface area contributed by atoms with Crippen molar-refractivity contribution in [3.8, 4) is 0 Å². The molecule has 2 rings (SSSR count). The monoisotopic (exact) mass is 236 g/mol. The Morgan fingerprint density at radius 2 is 2.24 bits per heavy atom. The third-order valence-corrected chi connectivity index (χ3v) is 3.27. The fraction of sp³-hybridized carbons (Fsp3) is 0.667. The molecule has 0 saturated carbocycles. The Kier molecular flexibility index (Phi) is 3.66. The van der Waals surface area contributed by atoms with Crippen LogP contribution in [0.15, 0.2) is 12.4 Å². The molecule has 1 aliphatic heterocycles. The zero-order valence-electron chi connectivity index (χ0n) is 10.5. The van der Waals surface area contributed by atoms with Gasteiger partial charge in [-0.05, 0) is 18.8 Å². The Morgan fingerprint density at radius 3 is 2.82 bits per heavy atom. The predicted octanol–water partition coefficient (Wildman–Crippen LogP) is 1.36. The predicted molar refractivity (Wildman–Crippen MR) is 65.4 cm³/mol. The van der Waals surface area contributed by atoms with Gasteiger partial charge in [0.05, 0.1) is 6.20 Å². The number of urea groups is 1. The second-order valence-corrected chi connectivity index (χ2v) is 4.85. The average Bonchev–Trinajstić information content (AvgIpc) is 2.73. The van der Waals surface area contributed by atoms with Crippen molar-refractivity contribution < 1.29 is 4.79 Å². The lowest BCUT2D eigenvalue weighted by molar-refractivity contribution is 0.173. The van der Waals surface area contributed by atoms with Crippen molar-refractivity contribution in [2.45, 2.75) is 26.3 Å². The van der Waals surface area contributed by atoms with E-state index in [4.69, 9.17) is 0 Å². The smallest absolute Gasteiger partial charge is 0.317 e. The van der Waals surface area contributed by atoms with E-state index in [2.05, 4.69) is 17.3 Å². The largest absolute Gasteiger partial charge is 0.334 e. The molecule has 1 fully saturated rings. The molecule has 17 heavy (non-hydrogen) atoms. The van der Waals surface area contributed by atoms with Crippen molar-refractivity contribution in [3.05, 3.63) is 18.0 Å². The second-order valence-electron chi connectivity index (χ2n) is 4.85. The molecule has 5 heteroatoms. The van der Waals surface area contributed by atoms with Crippen LogP contribution in [0, 0.1) is 5.92 Å². The molecule has 1 aromatic rings. The van der Waals surface area contributed by atoms with Crippen molar-refractivity contribution >= 4 is 6.03 Å². The van der Waals surface area contributed by atoms with Gasteiger partial charge >= 0.3 is 6.03 Å². The topological polar surface area (TPSA) is 50.2 Å². The number of aryl methyl sites for hydroxylation is 1. The van der Waals surface area contributed by atoms with E-state index in [9.17, 15) is 4.79 Å². The number of piperidine rings is 1. The molecule has 0 bridgehead atoms. The van der Waals surface area contributed by atoms with Gasteiger partial charge < -0.3 is 10.2 Å². The molecule has 1 aliphatic rings. The minimum Gasteiger partial charge on any atom is -0.334 e. The van der Waals surface area contributed by atoms with Crippen molar-refractivity contribution in [2.24, 2.45) is 13.0 Å². The summed E-state index contributed by atoms with van der Waals surface area (Å²) in [6.45, 7) is 4.55. The first-order chi connectivity index (χ1) is 8.15. The maximum Gasteiger partial charge on any atom is 0.317 e. The van der Waals surface area contributed by atoms with Gasteiger partial charge in [-0.1, -0.05) is 6.92 Å². The number of nitrogens with one attached hydrogen (secondary N) is 1. The summed E-state index contributed by atoms with van der Waals surface area (Å²) in [6, 6.07) is 0.0424. The highest BCUT2D eigenvalue weighted by Crippen LogP contribution is 2.15. The van der Waals surface area contributed by atoms with Gasteiger partial charge in [0.15, 0.2) is 0 Å². The van der Waals surface area contributed by atoms with E-state index in [1.54, 1.807) is 10.9 Å². The number of amides is 2. The molecule has 1 N–H and O–H groups in total. The first kappa shape index (κ1) is 12.0. The van der Waals surface area contributed by atoms with E-state index in [1.165, 1.54) is 0 Å². The molecule has 0 aliphatic carbocycles. The van der Waals surface area contributed by atoms with Crippen LogP contribution in [0.4, 0.5) is 4.79 Å². The number of carbonyl (C=O) groups excluding carboxylic acids is 1. The SMILES string of the molecule is CC1CCN(C(=O)NCc2cnn(C)c2)CC1. The van der Waals surface area contributed by atoms with Gasteiger partial charge in [0.1, 0.15) is 0 Å². The molecule has 5 nitrogen and oxygen atoms in total. The summed E-state index contributed by atoms with van der Waals surface area (Å²) < 4.78 is 1.74. The maximum absolute atomic E-state index is 11.9. The lowest BCUT2D eigenvalue weighted by atomic mass is 10.00. The summed E-state index contributed by atoms with van der Waals surface area (Å²) in [5, 5.41) is 7.00. The Labute approximate surface area is 102 Å². The minimum absolute atomic E-state index is 0.0424. The van der Waals surface area contributed by atoms with Crippen LogP contribution in [0.25, 0.3) is 0 Å². The molecule has 0 aromatic carbocycles. The Balaban J connectivity index is 1.77. The molecule has 1 aromatic heterocycles. The molecular weight excluding hydrogens is 216 g/mol. The maximum atomic E-state index is 11.9. The van der Waals surface area contributed by atoms with Crippen LogP contribution in [0.5, 0.6) is 0 Å². The van der Waals surface area contributed by atoms with Crippen LogP contribution < -0.4 is 5.32 Å². The van der Waals surface area contributed by atoms with Crippen LogP contribution in [0.2, 0.25) is 0 Å². The molecule has 0 radical (unpaired) electrons. The Bertz CT molecular complexity index is 380. The number of carbonyl (C=O) groups is 1. The van der Waals surface area contributed by atoms with Gasteiger partial charge in [0.25, 0.3) is 0 Å². The van der Waals surface area contributed by atoms with E-state index >= 15 is 0 Å². The van der Waals surface area contributed by atoms with Crippen LogP contribution in [-0.2, 0) is 13.6 Å². The highest BCUT2D eigenvalue weighted by molar-refractivity contribution is 5.74. The molecule has 0 unspecified atom stereocenters. The summed E-state index contributed by atoms with van der Waals surface area (Å²) in [7, 11) is 1.87. The number of rotatable bonds is 2. The van der Waals surface area contributed by atoms with Crippen molar-refractivity contribution in [3.63, 3.8) is 0 Å². The van der Waals surface area contributed by atoms with Gasteiger partial charge in [-0.2, -0.15) is 5.10 Å². The summed E-state index contributed by atoms with van der Waals surface area (Å²) in [4.78, 5) is 13.8. The van der Waals surface area contributed by atoms with Gasteiger partial charge in [0.2, 0.25) is 0 Å². The third kappa shape index (κ3) is 3.22. The van der Waals surface area contributed by atoms with Crippen LogP contribution >= 0.6 is 0 Å². The van der Waals surface area contributed by atoms with Crippen molar-refractivity contribution in [1.82, 2.24) is 20.0 Å². The lowest BCUT2D eigenvalue weighted by Crippen LogP contribution is -2.43. The van der Waals surface area contributed by atoms with Gasteiger partial charge in [-0.15, -0.1) is 0 Å². The van der Waals surface area contributed by atoms with E-state index in [1.807, 2.05) is 18.1 Å². The highest BCUT2D eigenvalue weighted by atomic mass is 16.2. The van der Waals surface area contributed by atoms with Gasteiger partial charge in [-0.25, -0.2) is 4.79 Å². The van der Waals surface area contributed by atoms with Crippen molar-refractivity contribution in [2.75, 3.05) is 13.1 Å². The average molecular weight is 236 g/mol. The number of hydrogen-bond donors (Lipinski definition) is 1. The fourth-order valence-electron chi connectivity index (χ4n) is 2.06. The normalized spacial score (nSPS) is 17.2. The van der Waals surface area contributed by atoms with E-state index in [-0.39, 0.29) is 6.03 Å². The van der Waals surface area contributed by atoms with Gasteiger partial charge in [0, 0.05) is 38.4 Å². The van der Waals surface area contributed by atoms with E-state index in [0.29, 0.717) is 6.54 Å². The van der Waals surface area contributed by atoms with E-state index < -0.39 is 0 Å². The van der Waals surface area contributed by atoms with Crippen LogP contribution in [-0.4, -0.2) is 33.8 Å². The summed E-state index contributed by atoms with van der Waals surface area (Å²) in [5.74, 6) is 0.748. The molecule has 2 amide bonds. The second kappa shape index (κ2) is 5.21. The van der Waals surface area contributed by atoms with E-state index in [0.717, 1.165) is 37.4 Å². The summed E-state index contributed by atoms with van der Waals surface area (Å²) in [5.41, 5.74) is 1.03. The molecule has 1 saturated heterocycles. The quantitative estimate of drug-likeness (QED) is 0.843. The fourth-order valence-corrected chi connectivity index (χ4v) is 2.06. The Hall–Kier alpha value is -1.52. The molecule has 2 heterocycles. The first-order valence-corrected chi connectivity index (χ1v) is 6.15. The first-order valence-electron chi connectivity index (χ1n) is 6.15. The lowest BCUT2D eigenvalue weighted by Gasteiger charge is -2.30. The standard InChI is InChI=1S/C12H20N4O/c1-10-3-5-16(6-4-10)12(17)13-7-11-8-14-15(2)9-11/h8-10H,3-7H2,1-2H3,(H,13,17). The number of hydrogen-bond acceptors (Lipinski definition) is 2. The Morgan fingerprint density at radius 1 is 1.53 bits per heavy atom. The summed E-state index contributed by atoms with van der Waals surface area (Å²) >= 11 is 0. The number of aromatic nitrogens is 2. The van der Waals surface area contributed by atoms with Crippen LogP contribution in [0.1, 0.15) is 25.3 Å². The zero-order chi connectivity index (χ0) is 12.3. The van der Waals surface area contributed by atoms with Gasteiger partial charge in [-0.3, -0.25) is 4.68 Å². The summed E-state index contributed by atoms with van der Waals surface area (Å²) in [6.07, 6.45) is 5.91.